The van der Waals surface area contributed by atoms with Crippen LogP contribution in [0.1, 0.15) is 26.7 Å². The summed E-state index contributed by atoms with van der Waals surface area (Å²) in [5.74, 6) is 0.0240. The molecule has 2 atom stereocenters. The van der Waals surface area contributed by atoms with E-state index in [1.54, 1.807) is 12.3 Å². The van der Waals surface area contributed by atoms with Crippen molar-refractivity contribution in [3.05, 3.63) is 35.2 Å². The van der Waals surface area contributed by atoms with Crippen molar-refractivity contribution >= 4 is 29.0 Å². The summed E-state index contributed by atoms with van der Waals surface area (Å²) in [4.78, 5) is 16.9. The SMILES string of the molecule is CCCNC(O)C(CNc1ccc(NC(=O)CCN2CCN(C)CC2)cc1)S/C=C(\C)C#N. The van der Waals surface area contributed by atoms with E-state index in [2.05, 4.69) is 38.9 Å². The Morgan fingerprint density at radius 1 is 1.24 bits per heavy atom. The Kier molecular flexibility index (Phi) is 12.3. The number of carbonyl (C=O) groups excluding carboxylic acids is 1. The van der Waals surface area contributed by atoms with Crippen LogP contribution < -0.4 is 16.0 Å². The average Bonchev–Trinajstić information content (AvgIpc) is 2.83. The number of allylic oxidation sites excluding steroid dienone is 1. The third-order valence-electron chi connectivity index (χ3n) is 5.48. The molecule has 0 radical (unpaired) electrons. The molecular formula is C24H38N6O2S. The third kappa shape index (κ3) is 10.6. The van der Waals surface area contributed by atoms with E-state index >= 15 is 0 Å². The predicted molar refractivity (Wildman–Crippen MR) is 137 cm³/mol. The summed E-state index contributed by atoms with van der Waals surface area (Å²) >= 11 is 1.44. The van der Waals surface area contributed by atoms with Gasteiger partial charge >= 0.3 is 0 Å². The average molecular weight is 475 g/mol. The van der Waals surface area contributed by atoms with Gasteiger partial charge in [-0.15, -0.1) is 11.8 Å². The van der Waals surface area contributed by atoms with Gasteiger partial charge in [0.2, 0.25) is 5.91 Å². The molecular weight excluding hydrogens is 436 g/mol. The second-order valence-electron chi connectivity index (χ2n) is 8.39. The van der Waals surface area contributed by atoms with Gasteiger partial charge < -0.3 is 25.5 Å². The summed E-state index contributed by atoms with van der Waals surface area (Å²) in [5.41, 5.74) is 2.28. The second-order valence-corrected chi connectivity index (χ2v) is 9.50. The maximum atomic E-state index is 12.3. The Morgan fingerprint density at radius 3 is 2.55 bits per heavy atom. The first-order valence-electron chi connectivity index (χ1n) is 11.6. The number of benzene rings is 1. The molecule has 1 aromatic rings. The molecule has 0 aliphatic carbocycles. The molecule has 9 heteroatoms. The smallest absolute Gasteiger partial charge is 0.225 e. The molecule has 33 heavy (non-hydrogen) atoms. The molecule has 1 aliphatic rings. The van der Waals surface area contributed by atoms with E-state index in [1.807, 2.05) is 31.2 Å². The van der Waals surface area contributed by atoms with Gasteiger partial charge in [-0.1, -0.05) is 6.92 Å². The Hall–Kier alpha value is -2.09. The number of likely N-dealkylation sites (N-methyl/N-ethyl adjacent to an activating group) is 1. The van der Waals surface area contributed by atoms with Gasteiger partial charge in [-0.05, 0) is 56.6 Å². The lowest BCUT2D eigenvalue weighted by Crippen LogP contribution is -2.45. The molecule has 182 valence electrons. The number of nitrogens with zero attached hydrogens (tertiary/aromatic N) is 3. The van der Waals surface area contributed by atoms with Gasteiger partial charge in [0, 0.05) is 62.6 Å². The van der Waals surface area contributed by atoms with Gasteiger partial charge in [-0.25, -0.2) is 0 Å². The van der Waals surface area contributed by atoms with Gasteiger partial charge in [0.25, 0.3) is 0 Å². The van der Waals surface area contributed by atoms with Gasteiger partial charge in [0.15, 0.2) is 0 Å². The van der Waals surface area contributed by atoms with E-state index in [0.29, 0.717) is 18.5 Å². The van der Waals surface area contributed by atoms with Crippen molar-refractivity contribution in [2.45, 2.75) is 38.2 Å². The largest absolute Gasteiger partial charge is 0.384 e. The van der Waals surface area contributed by atoms with E-state index in [0.717, 1.165) is 57.1 Å². The predicted octanol–water partition coefficient (Wildman–Crippen LogP) is 2.52. The molecule has 0 saturated carbocycles. The Labute approximate surface area is 202 Å². The lowest BCUT2D eigenvalue weighted by atomic mass is 10.2. The number of carbonyl (C=O) groups is 1. The summed E-state index contributed by atoms with van der Waals surface area (Å²) in [6.45, 7) is 9.96. The number of aliphatic hydroxyl groups is 1. The summed E-state index contributed by atoms with van der Waals surface area (Å²) in [6.07, 6.45) is 0.724. The van der Waals surface area contributed by atoms with Gasteiger partial charge in [-0.2, -0.15) is 5.26 Å². The first kappa shape index (κ1) is 27.2. The Balaban J connectivity index is 1.80. The fourth-order valence-electron chi connectivity index (χ4n) is 3.32. The van der Waals surface area contributed by atoms with E-state index in [-0.39, 0.29) is 11.2 Å². The highest BCUT2D eigenvalue weighted by molar-refractivity contribution is 8.02. The van der Waals surface area contributed by atoms with Crippen LogP contribution in [0.4, 0.5) is 11.4 Å². The standard InChI is InChI=1S/C24H38N6O2S/c1-4-10-26-24(32)22(33-18-19(2)16-25)17-27-20-5-7-21(8-6-20)28-23(31)9-11-30-14-12-29(3)13-15-30/h5-8,18,22,24,26-27,32H,4,9-15,17H2,1-3H3,(H,28,31)/b19-18+. The molecule has 2 rings (SSSR count). The quantitative estimate of drug-likeness (QED) is 0.255. The lowest BCUT2D eigenvalue weighted by molar-refractivity contribution is -0.116. The van der Waals surface area contributed by atoms with Crippen LogP contribution in [0.2, 0.25) is 0 Å². The van der Waals surface area contributed by atoms with Crippen molar-refractivity contribution in [2.24, 2.45) is 0 Å². The molecule has 1 aromatic carbocycles. The minimum absolute atomic E-state index is 0.0240. The Morgan fingerprint density at radius 2 is 1.91 bits per heavy atom. The van der Waals surface area contributed by atoms with E-state index < -0.39 is 6.23 Å². The van der Waals surface area contributed by atoms with Crippen LogP contribution in [-0.4, -0.2) is 85.2 Å². The number of piperazine rings is 1. The molecule has 1 heterocycles. The van der Waals surface area contributed by atoms with Gasteiger partial charge in [0.05, 0.1) is 11.3 Å². The summed E-state index contributed by atoms with van der Waals surface area (Å²) in [6, 6.07) is 9.70. The van der Waals surface area contributed by atoms with E-state index in [1.165, 1.54) is 11.8 Å². The van der Waals surface area contributed by atoms with Gasteiger partial charge in [0.1, 0.15) is 6.23 Å². The molecule has 1 aliphatic heterocycles. The van der Waals surface area contributed by atoms with Crippen molar-refractivity contribution in [1.29, 1.82) is 5.26 Å². The van der Waals surface area contributed by atoms with Crippen molar-refractivity contribution in [3.8, 4) is 6.07 Å². The number of nitrogens with one attached hydrogen (secondary N) is 3. The normalized spacial score (nSPS) is 17.2. The van der Waals surface area contributed by atoms with Crippen molar-refractivity contribution in [1.82, 2.24) is 15.1 Å². The molecule has 2 unspecified atom stereocenters. The number of thioether (sulfide) groups is 1. The van der Waals surface area contributed by atoms with Crippen LogP contribution in [0, 0.1) is 11.3 Å². The number of amides is 1. The maximum absolute atomic E-state index is 12.3. The summed E-state index contributed by atoms with van der Waals surface area (Å²) < 4.78 is 0. The van der Waals surface area contributed by atoms with E-state index in [9.17, 15) is 9.90 Å². The van der Waals surface area contributed by atoms with Crippen LogP contribution in [0.25, 0.3) is 0 Å². The highest BCUT2D eigenvalue weighted by atomic mass is 32.2. The van der Waals surface area contributed by atoms with Crippen LogP contribution in [0.3, 0.4) is 0 Å². The van der Waals surface area contributed by atoms with Crippen LogP contribution in [0.5, 0.6) is 0 Å². The van der Waals surface area contributed by atoms with E-state index in [4.69, 9.17) is 5.26 Å². The number of hydrogen-bond acceptors (Lipinski definition) is 8. The van der Waals surface area contributed by atoms with Crippen molar-refractivity contribution in [3.63, 3.8) is 0 Å². The number of anilines is 2. The number of nitriles is 1. The number of aliphatic hydroxyl groups excluding tert-OH is 1. The van der Waals surface area contributed by atoms with Crippen LogP contribution in [0.15, 0.2) is 35.2 Å². The fourth-order valence-corrected chi connectivity index (χ4v) is 4.17. The molecule has 1 amide bonds. The minimum atomic E-state index is -0.691. The van der Waals surface area contributed by atoms with Crippen LogP contribution >= 0.6 is 11.8 Å². The third-order valence-corrected chi connectivity index (χ3v) is 6.74. The maximum Gasteiger partial charge on any atom is 0.225 e. The zero-order chi connectivity index (χ0) is 24.1. The molecule has 1 saturated heterocycles. The molecule has 0 spiro atoms. The second kappa shape index (κ2) is 14.9. The van der Waals surface area contributed by atoms with Crippen molar-refractivity contribution < 1.29 is 9.90 Å². The number of hydrogen-bond donors (Lipinski definition) is 4. The van der Waals surface area contributed by atoms with Crippen molar-refractivity contribution in [2.75, 3.05) is 63.5 Å². The fraction of sp³-hybridized carbons (Fsp3) is 0.583. The number of rotatable bonds is 13. The van der Waals surface area contributed by atoms with Gasteiger partial charge in [-0.3, -0.25) is 10.1 Å². The highest BCUT2D eigenvalue weighted by Crippen LogP contribution is 2.20. The lowest BCUT2D eigenvalue weighted by Gasteiger charge is -2.32. The zero-order valence-electron chi connectivity index (χ0n) is 20.0. The zero-order valence-corrected chi connectivity index (χ0v) is 20.8. The first-order chi connectivity index (χ1) is 15.9. The monoisotopic (exact) mass is 474 g/mol. The summed E-state index contributed by atoms with van der Waals surface area (Å²) in [5, 5.41) is 30.5. The molecule has 0 bridgehead atoms. The Bertz CT molecular complexity index is 787. The highest BCUT2D eigenvalue weighted by Gasteiger charge is 2.18. The molecule has 0 aromatic heterocycles. The topological polar surface area (TPSA) is 104 Å². The molecule has 4 N–H and O–H groups in total. The van der Waals surface area contributed by atoms with Crippen LogP contribution in [-0.2, 0) is 4.79 Å². The summed E-state index contributed by atoms with van der Waals surface area (Å²) in [7, 11) is 2.12. The minimum Gasteiger partial charge on any atom is -0.384 e. The molecule has 1 fully saturated rings. The first-order valence-corrected chi connectivity index (χ1v) is 12.5. The molecule has 8 nitrogen and oxygen atoms in total.